The molecule has 88 valence electrons. The third kappa shape index (κ3) is 2.18. The molecular formula is C16H14N2. The lowest BCUT2D eigenvalue weighted by atomic mass is 10.0. The van der Waals surface area contributed by atoms with Gasteiger partial charge in [-0.1, -0.05) is 48.5 Å². The smallest absolute Gasteiger partial charge is 0.0991 e. The maximum atomic E-state index is 4.11. The highest BCUT2D eigenvalue weighted by atomic mass is 15.0. The number of aromatic nitrogens is 2. The zero-order valence-electron chi connectivity index (χ0n) is 10.0. The first kappa shape index (κ1) is 10.8. The molecule has 0 N–H and O–H groups in total. The van der Waals surface area contributed by atoms with Crippen LogP contribution in [0.5, 0.6) is 0 Å². The summed E-state index contributed by atoms with van der Waals surface area (Å²) >= 11 is 0. The molecule has 0 unspecified atom stereocenters. The molecule has 18 heavy (non-hydrogen) atoms. The summed E-state index contributed by atoms with van der Waals surface area (Å²) in [5.74, 6) is 0. The molecule has 2 aromatic carbocycles. The minimum atomic E-state index is 0.940. The third-order valence-electron chi connectivity index (χ3n) is 3.01. The average molecular weight is 234 g/mol. The molecule has 1 heterocycles. The van der Waals surface area contributed by atoms with Gasteiger partial charge in [-0.25, -0.2) is 4.98 Å². The lowest BCUT2D eigenvalue weighted by molar-refractivity contribution is 1.02. The van der Waals surface area contributed by atoms with Gasteiger partial charge in [0, 0.05) is 18.1 Å². The Labute approximate surface area is 107 Å². The topological polar surface area (TPSA) is 17.8 Å². The molecule has 0 fully saturated rings. The number of hydrogen-bond acceptors (Lipinski definition) is 1. The second-order valence-electron chi connectivity index (χ2n) is 4.26. The number of nitrogens with zero attached hydrogens (tertiary/aromatic N) is 2. The van der Waals surface area contributed by atoms with E-state index in [1.807, 2.05) is 18.6 Å². The minimum Gasteiger partial charge on any atom is -0.306 e. The van der Waals surface area contributed by atoms with E-state index in [4.69, 9.17) is 0 Å². The van der Waals surface area contributed by atoms with E-state index in [1.165, 1.54) is 16.8 Å². The average Bonchev–Trinajstić information content (AvgIpc) is 2.94. The predicted molar refractivity (Wildman–Crippen MR) is 72.8 cm³/mol. The number of para-hydroxylation sites is 1. The molecule has 0 aliphatic heterocycles. The molecule has 0 bridgehead atoms. The summed E-state index contributed by atoms with van der Waals surface area (Å²) in [6, 6.07) is 19.0. The van der Waals surface area contributed by atoms with Crippen LogP contribution in [0.2, 0.25) is 0 Å². The molecule has 2 heteroatoms. The van der Waals surface area contributed by atoms with Crippen LogP contribution in [0, 0.1) is 0 Å². The second kappa shape index (κ2) is 4.88. The van der Waals surface area contributed by atoms with Crippen LogP contribution in [0.15, 0.2) is 73.3 Å². The number of benzene rings is 2. The molecule has 2 nitrogen and oxygen atoms in total. The molecule has 0 radical (unpaired) electrons. The molecule has 0 atom stereocenters. The number of hydrogen-bond donors (Lipinski definition) is 0. The van der Waals surface area contributed by atoms with E-state index < -0.39 is 0 Å². The molecule has 1 aromatic heterocycles. The molecule has 0 aliphatic carbocycles. The maximum absolute atomic E-state index is 4.11. The normalized spacial score (nSPS) is 10.4. The van der Waals surface area contributed by atoms with Gasteiger partial charge in [0.15, 0.2) is 0 Å². The number of rotatable bonds is 3. The van der Waals surface area contributed by atoms with Gasteiger partial charge in [-0.2, -0.15) is 0 Å². The van der Waals surface area contributed by atoms with Crippen molar-refractivity contribution in [3.05, 3.63) is 84.4 Å². The standard InChI is InChI=1S/C16H14N2/c1-2-6-14(7-3-1)12-15-8-4-5-9-16(15)18-11-10-17-13-18/h1-11,13H,12H2. The van der Waals surface area contributed by atoms with Crippen molar-refractivity contribution in [1.82, 2.24) is 9.55 Å². The zero-order chi connectivity index (χ0) is 12.2. The number of imidazole rings is 1. The highest BCUT2D eigenvalue weighted by molar-refractivity contribution is 5.43. The molecule has 0 saturated heterocycles. The van der Waals surface area contributed by atoms with E-state index in [0.717, 1.165) is 6.42 Å². The van der Waals surface area contributed by atoms with Crippen LogP contribution in [0.25, 0.3) is 5.69 Å². The van der Waals surface area contributed by atoms with Crippen molar-refractivity contribution in [2.45, 2.75) is 6.42 Å². The fourth-order valence-electron chi connectivity index (χ4n) is 2.13. The van der Waals surface area contributed by atoms with Crippen molar-refractivity contribution in [2.24, 2.45) is 0 Å². The molecule has 0 spiro atoms. The Balaban J connectivity index is 1.98. The highest BCUT2D eigenvalue weighted by Gasteiger charge is 2.04. The predicted octanol–water partition coefficient (Wildman–Crippen LogP) is 3.46. The third-order valence-corrected chi connectivity index (χ3v) is 3.01. The van der Waals surface area contributed by atoms with E-state index in [-0.39, 0.29) is 0 Å². The van der Waals surface area contributed by atoms with Gasteiger partial charge in [0.05, 0.1) is 6.33 Å². The summed E-state index contributed by atoms with van der Waals surface area (Å²) in [6.07, 6.45) is 6.56. The Morgan fingerprint density at radius 2 is 1.67 bits per heavy atom. The van der Waals surface area contributed by atoms with Crippen LogP contribution in [0.4, 0.5) is 0 Å². The quantitative estimate of drug-likeness (QED) is 0.678. The van der Waals surface area contributed by atoms with Gasteiger partial charge < -0.3 is 4.57 Å². The van der Waals surface area contributed by atoms with Crippen molar-refractivity contribution in [1.29, 1.82) is 0 Å². The van der Waals surface area contributed by atoms with Gasteiger partial charge in [-0.15, -0.1) is 0 Å². The van der Waals surface area contributed by atoms with Crippen LogP contribution in [-0.2, 0) is 6.42 Å². The monoisotopic (exact) mass is 234 g/mol. The van der Waals surface area contributed by atoms with Crippen molar-refractivity contribution in [3.63, 3.8) is 0 Å². The Morgan fingerprint density at radius 3 is 2.44 bits per heavy atom. The van der Waals surface area contributed by atoms with Gasteiger partial charge in [0.1, 0.15) is 0 Å². The molecule has 0 aliphatic rings. The Morgan fingerprint density at radius 1 is 0.889 bits per heavy atom. The Hall–Kier alpha value is -2.35. The van der Waals surface area contributed by atoms with Crippen molar-refractivity contribution < 1.29 is 0 Å². The fourth-order valence-corrected chi connectivity index (χ4v) is 2.13. The van der Waals surface area contributed by atoms with Crippen LogP contribution < -0.4 is 0 Å². The van der Waals surface area contributed by atoms with Crippen molar-refractivity contribution in [3.8, 4) is 5.69 Å². The highest BCUT2D eigenvalue weighted by Crippen LogP contribution is 2.17. The van der Waals surface area contributed by atoms with E-state index in [2.05, 4.69) is 58.1 Å². The Kier molecular flexibility index (Phi) is 2.92. The molecule has 3 aromatic rings. The van der Waals surface area contributed by atoms with Gasteiger partial charge in [-0.3, -0.25) is 0 Å². The van der Waals surface area contributed by atoms with Crippen molar-refractivity contribution in [2.75, 3.05) is 0 Å². The molecular weight excluding hydrogens is 220 g/mol. The molecule has 3 rings (SSSR count). The second-order valence-corrected chi connectivity index (χ2v) is 4.26. The van der Waals surface area contributed by atoms with Gasteiger partial charge in [0.25, 0.3) is 0 Å². The maximum Gasteiger partial charge on any atom is 0.0991 e. The first-order valence-electron chi connectivity index (χ1n) is 6.03. The van der Waals surface area contributed by atoms with E-state index in [9.17, 15) is 0 Å². The van der Waals surface area contributed by atoms with Crippen molar-refractivity contribution >= 4 is 0 Å². The minimum absolute atomic E-state index is 0.940. The van der Waals surface area contributed by atoms with Crippen LogP contribution in [0.1, 0.15) is 11.1 Å². The summed E-state index contributed by atoms with van der Waals surface area (Å²) in [6.45, 7) is 0. The van der Waals surface area contributed by atoms with Crippen LogP contribution in [0.3, 0.4) is 0 Å². The van der Waals surface area contributed by atoms with E-state index in [0.29, 0.717) is 0 Å². The van der Waals surface area contributed by atoms with Crippen LogP contribution in [-0.4, -0.2) is 9.55 Å². The SMILES string of the molecule is c1ccc(Cc2ccccc2-n2ccnc2)cc1. The van der Waals surface area contributed by atoms with Gasteiger partial charge >= 0.3 is 0 Å². The molecule has 0 amide bonds. The summed E-state index contributed by atoms with van der Waals surface area (Å²) in [5.41, 5.74) is 3.82. The van der Waals surface area contributed by atoms with E-state index in [1.54, 1.807) is 6.20 Å². The van der Waals surface area contributed by atoms with Gasteiger partial charge in [0.2, 0.25) is 0 Å². The first-order chi connectivity index (χ1) is 8.93. The lowest BCUT2D eigenvalue weighted by Gasteiger charge is -2.10. The summed E-state index contributed by atoms with van der Waals surface area (Å²) in [4.78, 5) is 4.11. The summed E-state index contributed by atoms with van der Waals surface area (Å²) < 4.78 is 2.05. The molecule has 0 saturated carbocycles. The van der Waals surface area contributed by atoms with Crippen LogP contribution >= 0.6 is 0 Å². The van der Waals surface area contributed by atoms with Gasteiger partial charge in [-0.05, 0) is 23.6 Å². The summed E-state index contributed by atoms with van der Waals surface area (Å²) in [7, 11) is 0. The Bertz CT molecular complexity index is 613. The summed E-state index contributed by atoms with van der Waals surface area (Å²) in [5, 5.41) is 0. The first-order valence-corrected chi connectivity index (χ1v) is 6.03. The van der Waals surface area contributed by atoms with E-state index >= 15 is 0 Å². The largest absolute Gasteiger partial charge is 0.306 e. The fraction of sp³-hybridized carbons (Fsp3) is 0.0625. The lowest BCUT2D eigenvalue weighted by Crippen LogP contribution is -1.98. The zero-order valence-corrected chi connectivity index (χ0v) is 10.0.